The van der Waals surface area contributed by atoms with Crippen molar-refractivity contribution in [3.8, 4) is 0 Å². The lowest BCUT2D eigenvalue weighted by atomic mass is 9.57. The van der Waals surface area contributed by atoms with Crippen molar-refractivity contribution in [1.82, 2.24) is 10.0 Å². The van der Waals surface area contributed by atoms with Crippen molar-refractivity contribution in [2.24, 2.45) is 17.3 Å². The van der Waals surface area contributed by atoms with Gasteiger partial charge in [-0.15, -0.1) is 0 Å². The van der Waals surface area contributed by atoms with Gasteiger partial charge in [0.2, 0.25) is 10.0 Å². The van der Waals surface area contributed by atoms with Crippen LogP contribution in [0.4, 0.5) is 0 Å². The summed E-state index contributed by atoms with van der Waals surface area (Å²) in [5.41, 5.74) is 0.115. The summed E-state index contributed by atoms with van der Waals surface area (Å²) in [6.07, 6.45) is 5.02. The Morgan fingerprint density at radius 2 is 2.00 bits per heavy atom. The summed E-state index contributed by atoms with van der Waals surface area (Å²) >= 11 is 0. The number of hydrogen-bond acceptors (Lipinski definition) is 4. The Hall–Kier alpha value is -0.170. The van der Waals surface area contributed by atoms with Gasteiger partial charge in [0, 0.05) is 37.1 Å². The van der Waals surface area contributed by atoms with Crippen molar-refractivity contribution >= 4 is 10.0 Å². The van der Waals surface area contributed by atoms with Gasteiger partial charge in [0.1, 0.15) is 0 Å². The molecule has 6 heteroatoms. The average molecular weight is 316 g/mol. The fraction of sp³-hybridized carbons (Fsp3) is 1.00. The number of hydrogen-bond donors (Lipinski definition) is 2. The molecule has 0 bridgehead atoms. The molecule has 3 atom stereocenters. The summed E-state index contributed by atoms with van der Waals surface area (Å²) in [5, 5.41) is 3.45. The maximum atomic E-state index is 12.0. The van der Waals surface area contributed by atoms with Crippen LogP contribution >= 0.6 is 0 Å². The van der Waals surface area contributed by atoms with Crippen LogP contribution in [0.1, 0.15) is 39.5 Å². The van der Waals surface area contributed by atoms with E-state index < -0.39 is 10.0 Å². The van der Waals surface area contributed by atoms with Crippen LogP contribution in [0.15, 0.2) is 0 Å². The molecule has 3 aliphatic rings. The van der Waals surface area contributed by atoms with Gasteiger partial charge in [0.25, 0.3) is 0 Å². The highest BCUT2D eigenvalue weighted by Gasteiger charge is 2.58. The normalized spacial score (nSPS) is 35.0. The van der Waals surface area contributed by atoms with Crippen molar-refractivity contribution in [3.63, 3.8) is 0 Å². The van der Waals surface area contributed by atoms with Gasteiger partial charge in [-0.25, -0.2) is 13.1 Å². The topological polar surface area (TPSA) is 67.4 Å². The van der Waals surface area contributed by atoms with Crippen LogP contribution in [-0.4, -0.2) is 46.0 Å². The molecule has 122 valence electrons. The first-order valence-corrected chi connectivity index (χ1v) is 9.88. The Labute approximate surface area is 128 Å². The van der Waals surface area contributed by atoms with E-state index in [1.807, 2.05) is 0 Å². The number of rotatable bonds is 7. The molecule has 5 nitrogen and oxygen atoms in total. The smallest absolute Gasteiger partial charge is 0.212 e. The predicted octanol–water partition coefficient (Wildman–Crippen LogP) is 1.11. The third kappa shape index (κ3) is 3.14. The van der Waals surface area contributed by atoms with E-state index in [0.717, 1.165) is 13.0 Å². The molecule has 3 rings (SSSR count). The van der Waals surface area contributed by atoms with Crippen molar-refractivity contribution in [2.45, 2.75) is 51.7 Å². The van der Waals surface area contributed by atoms with E-state index in [2.05, 4.69) is 23.9 Å². The van der Waals surface area contributed by atoms with Crippen molar-refractivity contribution in [1.29, 1.82) is 0 Å². The van der Waals surface area contributed by atoms with Crippen molar-refractivity contribution in [2.75, 3.05) is 25.4 Å². The monoisotopic (exact) mass is 316 g/mol. The van der Waals surface area contributed by atoms with Crippen LogP contribution < -0.4 is 10.0 Å². The molecule has 21 heavy (non-hydrogen) atoms. The molecule has 0 aromatic rings. The average Bonchev–Trinajstić information content (AvgIpc) is 2.79. The molecule has 3 fully saturated rings. The minimum absolute atomic E-state index is 0.115. The van der Waals surface area contributed by atoms with Gasteiger partial charge in [-0.2, -0.15) is 0 Å². The fourth-order valence-corrected chi connectivity index (χ4v) is 5.12. The highest BCUT2D eigenvalue weighted by Crippen LogP contribution is 2.51. The van der Waals surface area contributed by atoms with Crippen LogP contribution in [-0.2, 0) is 14.8 Å². The molecule has 0 amide bonds. The molecule has 1 aliphatic heterocycles. The summed E-state index contributed by atoms with van der Waals surface area (Å²) in [6, 6.07) is 0.381. The van der Waals surface area contributed by atoms with Gasteiger partial charge in [-0.1, -0.05) is 20.3 Å². The Balaban J connectivity index is 1.41. The first-order valence-electron chi connectivity index (χ1n) is 8.22. The second-order valence-corrected chi connectivity index (χ2v) is 9.39. The van der Waals surface area contributed by atoms with Gasteiger partial charge in [-0.05, 0) is 25.2 Å². The first kappa shape index (κ1) is 15.7. The largest absolute Gasteiger partial charge is 0.377 e. The molecule has 2 aliphatic carbocycles. The van der Waals surface area contributed by atoms with Crippen molar-refractivity contribution in [3.05, 3.63) is 0 Å². The summed E-state index contributed by atoms with van der Waals surface area (Å²) in [4.78, 5) is 0. The lowest BCUT2D eigenvalue weighted by molar-refractivity contribution is -0.111. The lowest BCUT2D eigenvalue weighted by Crippen LogP contribution is -2.66. The van der Waals surface area contributed by atoms with E-state index in [4.69, 9.17) is 4.74 Å². The third-order valence-corrected chi connectivity index (χ3v) is 7.00. The van der Waals surface area contributed by atoms with E-state index in [1.165, 1.54) is 19.3 Å². The maximum absolute atomic E-state index is 12.0. The summed E-state index contributed by atoms with van der Waals surface area (Å²) < 4.78 is 32.5. The molecule has 1 heterocycles. The van der Waals surface area contributed by atoms with E-state index >= 15 is 0 Å². The lowest BCUT2D eigenvalue weighted by Gasteiger charge is -2.55. The molecule has 2 saturated carbocycles. The SMILES string of the molecule is CC1(C)C(NCCS(=O)(=O)NCC2CCC2)C2CCOC21. The quantitative estimate of drug-likeness (QED) is 0.738. The minimum atomic E-state index is -3.14. The zero-order valence-corrected chi connectivity index (χ0v) is 13.9. The number of sulfonamides is 1. The van der Waals surface area contributed by atoms with Crippen molar-refractivity contribution < 1.29 is 13.2 Å². The standard InChI is InChI=1S/C15H28N2O3S/c1-15(2)13(12-6-8-20-14(12)15)16-7-9-21(18,19)17-10-11-4-3-5-11/h11-14,16-17H,3-10H2,1-2H3. The Bertz CT molecular complexity index is 473. The van der Waals surface area contributed by atoms with Crippen LogP contribution in [0.25, 0.3) is 0 Å². The van der Waals surface area contributed by atoms with E-state index in [1.54, 1.807) is 0 Å². The highest BCUT2D eigenvalue weighted by atomic mass is 32.2. The summed E-state index contributed by atoms with van der Waals surface area (Å²) in [6.45, 7) is 6.41. The minimum Gasteiger partial charge on any atom is -0.377 e. The summed E-state index contributed by atoms with van der Waals surface area (Å²) in [5.74, 6) is 1.30. The first-order chi connectivity index (χ1) is 9.90. The van der Waals surface area contributed by atoms with Crippen LogP contribution in [0.5, 0.6) is 0 Å². The molecule has 0 radical (unpaired) electrons. The summed E-state index contributed by atoms with van der Waals surface area (Å²) in [7, 11) is -3.14. The molecular weight excluding hydrogens is 288 g/mol. The van der Waals surface area contributed by atoms with Gasteiger partial charge < -0.3 is 10.1 Å². The third-order valence-electron chi connectivity index (χ3n) is 5.65. The Morgan fingerprint density at radius 3 is 2.67 bits per heavy atom. The van der Waals surface area contributed by atoms with E-state index in [0.29, 0.717) is 37.1 Å². The molecule has 2 N–H and O–H groups in total. The maximum Gasteiger partial charge on any atom is 0.212 e. The molecule has 0 aromatic carbocycles. The van der Waals surface area contributed by atoms with Crippen LogP contribution in [0, 0.1) is 17.3 Å². The fourth-order valence-electron chi connectivity index (χ4n) is 4.10. The highest BCUT2D eigenvalue weighted by molar-refractivity contribution is 7.89. The van der Waals surface area contributed by atoms with E-state index in [9.17, 15) is 8.42 Å². The number of fused-ring (bicyclic) bond motifs is 1. The second kappa shape index (κ2) is 5.80. The number of ether oxygens (including phenoxy) is 1. The Morgan fingerprint density at radius 1 is 1.24 bits per heavy atom. The van der Waals surface area contributed by atoms with Gasteiger partial charge >= 0.3 is 0 Å². The molecule has 0 spiro atoms. The Kier molecular flexibility index (Phi) is 4.34. The zero-order chi connectivity index (χ0) is 15.1. The van der Waals surface area contributed by atoms with Crippen LogP contribution in [0.3, 0.4) is 0 Å². The molecule has 0 aromatic heterocycles. The van der Waals surface area contributed by atoms with Crippen LogP contribution in [0.2, 0.25) is 0 Å². The molecule has 3 unspecified atom stereocenters. The number of nitrogens with one attached hydrogen (secondary N) is 2. The van der Waals surface area contributed by atoms with Gasteiger partial charge in [-0.3, -0.25) is 0 Å². The zero-order valence-electron chi connectivity index (χ0n) is 13.1. The van der Waals surface area contributed by atoms with E-state index in [-0.39, 0.29) is 11.2 Å². The molecule has 1 saturated heterocycles. The second-order valence-electron chi connectivity index (χ2n) is 7.46. The predicted molar refractivity (Wildman–Crippen MR) is 82.5 cm³/mol. The van der Waals surface area contributed by atoms with Gasteiger partial charge in [0.05, 0.1) is 11.9 Å². The van der Waals surface area contributed by atoms with Gasteiger partial charge in [0.15, 0.2) is 0 Å². The molecular formula is C15H28N2O3S.